The zero-order valence-corrected chi connectivity index (χ0v) is 10.2. The molecule has 0 aromatic carbocycles. The Hall–Kier alpha value is 0.130. The lowest BCUT2D eigenvalue weighted by Crippen LogP contribution is -2.09. The molecule has 0 aliphatic rings. The maximum atomic E-state index is 9.69. The van der Waals surface area contributed by atoms with Gasteiger partial charge in [0.1, 0.15) is 6.61 Å². The zero-order valence-electron chi connectivity index (χ0n) is 8.54. The summed E-state index contributed by atoms with van der Waals surface area (Å²) < 4.78 is 4.51. The number of carbonyl (C=O) groups is 1. The van der Waals surface area contributed by atoms with Crippen molar-refractivity contribution in [2.24, 2.45) is 0 Å². The van der Waals surface area contributed by atoms with Crippen molar-refractivity contribution in [1.82, 2.24) is 5.32 Å². The first kappa shape index (κ1) is 15.6. The maximum Gasteiger partial charge on any atom is 0.293 e. The lowest BCUT2D eigenvalue weighted by molar-refractivity contribution is -0.128. The first-order chi connectivity index (χ1) is 6.41. The van der Waals surface area contributed by atoms with Gasteiger partial charge in [-0.05, 0) is 7.05 Å². The van der Waals surface area contributed by atoms with E-state index in [2.05, 4.69) is 10.1 Å². The first-order valence-electron chi connectivity index (χ1n) is 4.36. The lowest BCUT2D eigenvalue weighted by Gasteiger charge is -1.99. The van der Waals surface area contributed by atoms with Crippen molar-refractivity contribution < 1.29 is 9.53 Å². The second-order valence-corrected chi connectivity index (χ2v) is 4.42. The predicted molar refractivity (Wildman–Crippen MR) is 62.2 cm³/mol. The van der Waals surface area contributed by atoms with Crippen LogP contribution < -0.4 is 5.32 Å². The number of nitrogens with one attached hydrogen (secondary N) is 1. The Kier molecular flexibility index (Phi) is 21.6. The summed E-state index contributed by atoms with van der Waals surface area (Å²) in [5.41, 5.74) is 0. The summed E-state index contributed by atoms with van der Waals surface area (Å²) in [5, 5.41) is 3.05. The van der Waals surface area contributed by atoms with Gasteiger partial charge in [0.15, 0.2) is 0 Å². The summed E-state index contributed by atoms with van der Waals surface area (Å²) in [6.07, 6.45) is 0. The molecule has 80 valence electrons. The quantitative estimate of drug-likeness (QED) is 0.387. The molecule has 0 aliphatic carbocycles. The molecule has 0 amide bonds. The number of rotatable bonds is 8. The first-order valence-corrected chi connectivity index (χ1v) is 6.85. The monoisotopic (exact) mass is 225 g/mol. The Labute approximate surface area is 88.8 Å². The summed E-state index contributed by atoms with van der Waals surface area (Å²) in [6, 6.07) is 0. The molecule has 0 saturated heterocycles. The third kappa shape index (κ3) is 18.8. The molecule has 0 saturated carbocycles. The van der Waals surface area contributed by atoms with E-state index in [1.54, 1.807) is 21.6 Å². The van der Waals surface area contributed by atoms with Crippen molar-refractivity contribution in [3.63, 3.8) is 0 Å². The van der Waals surface area contributed by atoms with E-state index >= 15 is 0 Å². The normalized spacial score (nSPS) is 8.54. The molecule has 0 aromatic heterocycles. The van der Waals surface area contributed by atoms with Crippen LogP contribution in [0.3, 0.4) is 0 Å². The fraction of sp³-hybridized carbons (Fsp3) is 0.875. The van der Waals surface area contributed by atoms with Gasteiger partial charge >= 0.3 is 0 Å². The van der Waals surface area contributed by atoms with Gasteiger partial charge in [-0.2, -0.15) is 0 Å². The molecule has 0 spiro atoms. The van der Waals surface area contributed by atoms with Crippen molar-refractivity contribution in [2.45, 2.75) is 13.8 Å². The van der Waals surface area contributed by atoms with E-state index in [0.717, 1.165) is 18.1 Å². The Morgan fingerprint density at radius 2 is 1.92 bits per heavy atom. The van der Waals surface area contributed by atoms with Crippen LogP contribution in [0.1, 0.15) is 13.8 Å². The summed E-state index contributed by atoms with van der Waals surface area (Å²) >= 11 is 0. The third-order valence-corrected chi connectivity index (χ3v) is 3.24. The fourth-order valence-corrected chi connectivity index (χ4v) is 2.24. The van der Waals surface area contributed by atoms with Crippen LogP contribution in [-0.2, 0) is 9.53 Å². The average molecular weight is 225 g/mol. The van der Waals surface area contributed by atoms with Crippen LogP contribution in [-0.4, -0.2) is 38.2 Å². The van der Waals surface area contributed by atoms with Crippen LogP contribution in [0.4, 0.5) is 0 Å². The van der Waals surface area contributed by atoms with E-state index < -0.39 is 0 Å². The topological polar surface area (TPSA) is 38.3 Å². The van der Waals surface area contributed by atoms with Gasteiger partial charge in [-0.3, -0.25) is 4.79 Å². The lowest BCUT2D eigenvalue weighted by atomic mass is 10.8. The molecule has 0 unspecified atom stereocenters. The summed E-state index contributed by atoms with van der Waals surface area (Å²) in [7, 11) is 5.44. The Bertz CT molecular complexity index is 94.2. The van der Waals surface area contributed by atoms with Gasteiger partial charge < -0.3 is 10.1 Å². The van der Waals surface area contributed by atoms with Gasteiger partial charge in [0.2, 0.25) is 0 Å². The highest BCUT2D eigenvalue weighted by Crippen LogP contribution is 2.19. The summed E-state index contributed by atoms with van der Waals surface area (Å²) in [5.74, 6) is 1.95. The van der Waals surface area contributed by atoms with E-state index in [1.807, 2.05) is 20.9 Å². The van der Waals surface area contributed by atoms with Crippen LogP contribution in [0.15, 0.2) is 0 Å². The van der Waals surface area contributed by atoms with Crippen LogP contribution in [0, 0.1) is 0 Å². The SMILES string of the molecule is CC.CNCCSSCCOC=O. The van der Waals surface area contributed by atoms with Gasteiger partial charge in [0.05, 0.1) is 0 Å². The average Bonchev–Trinajstić information content (AvgIpc) is 2.20. The number of carbonyl (C=O) groups excluding carboxylic acids is 1. The van der Waals surface area contributed by atoms with Crippen LogP contribution in [0.25, 0.3) is 0 Å². The van der Waals surface area contributed by atoms with Crippen molar-refractivity contribution in [3.8, 4) is 0 Å². The standard InChI is InChI=1S/C6H13NO2S2.C2H6/c1-7-2-4-10-11-5-3-9-6-8;1-2/h6-7H,2-5H2,1H3;1-2H3. The zero-order chi connectivity index (χ0) is 10.4. The molecule has 0 radical (unpaired) electrons. The number of ether oxygens (including phenoxy) is 1. The van der Waals surface area contributed by atoms with Gasteiger partial charge in [-0.15, -0.1) is 0 Å². The van der Waals surface area contributed by atoms with Gasteiger partial charge in [0.25, 0.3) is 6.47 Å². The Morgan fingerprint density at radius 1 is 1.31 bits per heavy atom. The van der Waals surface area contributed by atoms with Gasteiger partial charge in [0, 0.05) is 18.1 Å². The molecule has 1 N–H and O–H groups in total. The molecule has 0 atom stereocenters. The molecule has 0 aliphatic heterocycles. The molecular formula is C8H19NO2S2. The smallest absolute Gasteiger partial charge is 0.293 e. The van der Waals surface area contributed by atoms with Crippen LogP contribution in [0.5, 0.6) is 0 Å². The van der Waals surface area contributed by atoms with Crippen LogP contribution >= 0.6 is 21.6 Å². The van der Waals surface area contributed by atoms with Crippen molar-refractivity contribution in [3.05, 3.63) is 0 Å². The number of hydrogen-bond acceptors (Lipinski definition) is 5. The molecule has 0 heterocycles. The van der Waals surface area contributed by atoms with Crippen LogP contribution in [0.2, 0.25) is 0 Å². The molecule has 5 heteroatoms. The largest absolute Gasteiger partial charge is 0.467 e. The second-order valence-electron chi connectivity index (χ2n) is 1.71. The van der Waals surface area contributed by atoms with Crippen molar-refractivity contribution in [1.29, 1.82) is 0 Å². The third-order valence-electron chi connectivity index (χ3n) is 0.871. The molecule has 3 nitrogen and oxygen atoms in total. The van der Waals surface area contributed by atoms with Gasteiger partial charge in [-0.1, -0.05) is 35.4 Å². The van der Waals surface area contributed by atoms with E-state index in [4.69, 9.17) is 0 Å². The highest BCUT2D eigenvalue weighted by atomic mass is 33.1. The van der Waals surface area contributed by atoms with Crippen molar-refractivity contribution >= 4 is 28.1 Å². The highest BCUT2D eigenvalue weighted by molar-refractivity contribution is 8.76. The minimum atomic E-state index is 0.485. The Balaban J connectivity index is 0. The second kappa shape index (κ2) is 18.0. The molecular weight excluding hydrogens is 206 g/mol. The summed E-state index contributed by atoms with van der Waals surface area (Å²) in [4.78, 5) is 9.69. The van der Waals surface area contributed by atoms with E-state index in [9.17, 15) is 4.79 Å². The summed E-state index contributed by atoms with van der Waals surface area (Å²) in [6.45, 7) is 6.02. The van der Waals surface area contributed by atoms with E-state index in [-0.39, 0.29) is 0 Å². The highest BCUT2D eigenvalue weighted by Gasteiger charge is 1.89. The Morgan fingerprint density at radius 3 is 2.46 bits per heavy atom. The van der Waals surface area contributed by atoms with E-state index in [1.165, 1.54) is 0 Å². The minimum Gasteiger partial charge on any atom is -0.467 e. The van der Waals surface area contributed by atoms with E-state index in [0.29, 0.717) is 13.1 Å². The molecule has 0 rings (SSSR count). The molecule has 13 heavy (non-hydrogen) atoms. The number of hydrogen-bond donors (Lipinski definition) is 1. The fourth-order valence-electron chi connectivity index (χ4n) is 0.392. The van der Waals surface area contributed by atoms with Crippen molar-refractivity contribution in [2.75, 3.05) is 31.7 Å². The predicted octanol–water partition coefficient (Wildman–Crippen LogP) is 1.79. The van der Waals surface area contributed by atoms with Gasteiger partial charge in [-0.25, -0.2) is 0 Å². The molecule has 0 aromatic rings. The molecule has 0 fully saturated rings. The minimum absolute atomic E-state index is 0.485. The molecule has 0 bridgehead atoms. The maximum absolute atomic E-state index is 9.69.